The fourth-order valence-electron chi connectivity index (χ4n) is 4.84. The van der Waals surface area contributed by atoms with Crippen LogP contribution in [-0.4, -0.2) is 48.3 Å². The second kappa shape index (κ2) is 10.7. The van der Waals surface area contributed by atoms with E-state index in [2.05, 4.69) is 60.0 Å². The molecule has 4 aromatic rings. The first-order chi connectivity index (χ1) is 18.0. The van der Waals surface area contributed by atoms with Crippen LogP contribution in [0.15, 0.2) is 60.0 Å². The topological polar surface area (TPSA) is 92.9 Å². The molecule has 0 unspecified atom stereocenters. The molecule has 1 aliphatic heterocycles. The number of hydrogen-bond donors (Lipinski definition) is 2. The lowest BCUT2D eigenvalue weighted by Gasteiger charge is -2.24. The van der Waals surface area contributed by atoms with Crippen LogP contribution in [0, 0.1) is 0 Å². The van der Waals surface area contributed by atoms with Gasteiger partial charge in [-0.2, -0.15) is 4.98 Å². The molecule has 3 aromatic heterocycles. The van der Waals surface area contributed by atoms with Crippen molar-refractivity contribution >= 4 is 22.7 Å². The summed E-state index contributed by atoms with van der Waals surface area (Å²) < 4.78 is 3.38. The Kier molecular flexibility index (Phi) is 7.16. The zero-order chi connectivity index (χ0) is 25.9. The summed E-state index contributed by atoms with van der Waals surface area (Å²) in [7, 11) is 0. The van der Waals surface area contributed by atoms with Crippen LogP contribution < -0.4 is 16.2 Å². The van der Waals surface area contributed by atoms with Gasteiger partial charge in [0.05, 0.1) is 12.2 Å². The van der Waals surface area contributed by atoms with Gasteiger partial charge in [0, 0.05) is 31.0 Å². The molecule has 0 atom stereocenters. The van der Waals surface area contributed by atoms with Crippen LogP contribution >= 0.6 is 0 Å². The first-order valence-electron chi connectivity index (χ1n) is 12.9. The van der Waals surface area contributed by atoms with Crippen molar-refractivity contribution in [1.29, 1.82) is 0 Å². The summed E-state index contributed by atoms with van der Waals surface area (Å²) in [4.78, 5) is 29.8. The van der Waals surface area contributed by atoms with Gasteiger partial charge in [0.15, 0.2) is 11.5 Å². The minimum Gasteiger partial charge on any atom is -0.324 e. The number of rotatable bonds is 9. The average molecular weight is 499 g/mol. The van der Waals surface area contributed by atoms with Crippen LogP contribution in [0.2, 0.25) is 0 Å². The van der Waals surface area contributed by atoms with E-state index >= 15 is 0 Å². The quantitative estimate of drug-likeness (QED) is 0.339. The van der Waals surface area contributed by atoms with Gasteiger partial charge >= 0.3 is 0 Å². The normalized spacial score (nSPS) is 13.3. The Morgan fingerprint density at radius 3 is 2.86 bits per heavy atom. The Morgan fingerprint density at radius 2 is 2.08 bits per heavy atom. The van der Waals surface area contributed by atoms with Crippen LogP contribution in [-0.2, 0) is 26.1 Å². The molecular weight excluding hydrogens is 464 g/mol. The Balaban J connectivity index is 1.56. The molecule has 0 fully saturated rings. The molecule has 0 amide bonds. The minimum absolute atomic E-state index is 0.175. The molecule has 5 rings (SSSR count). The largest absolute Gasteiger partial charge is 0.324 e. The lowest BCUT2D eigenvalue weighted by atomic mass is 10.0. The van der Waals surface area contributed by atoms with Gasteiger partial charge in [-0.25, -0.2) is 19.3 Å². The van der Waals surface area contributed by atoms with Crippen LogP contribution in [0.1, 0.15) is 37.6 Å². The van der Waals surface area contributed by atoms with E-state index in [0.29, 0.717) is 35.4 Å². The van der Waals surface area contributed by atoms with Crippen molar-refractivity contribution in [1.82, 2.24) is 34.5 Å². The van der Waals surface area contributed by atoms with Crippen LogP contribution in [0.25, 0.3) is 16.9 Å². The minimum atomic E-state index is -0.175. The fourth-order valence-corrected chi connectivity index (χ4v) is 4.84. The molecule has 0 bridgehead atoms. The SMILES string of the molecule is C=CCn1c(=O)c2cnc(Nc3ccc4c(c3)CNCC4)nc2n1-c1cccc(CN(CC)C(C)C)n1. The molecule has 4 heterocycles. The summed E-state index contributed by atoms with van der Waals surface area (Å²) in [6, 6.07) is 12.6. The molecule has 1 aliphatic rings. The summed E-state index contributed by atoms with van der Waals surface area (Å²) in [5.74, 6) is 1.06. The molecule has 0 saturated heterocycles. The van der Waals surface area contributed by atoms with E-state index in [1.54, 1.807) is 21.6 Å². The maximum atomic E-state index is 13.3. The zero-order valence-electron chi connectivity index (χ0n) is 21.7. The molecule has 1 aromatic carbocycles. The lowest BCUT2D eigenvalue weighted by molar-refractivity contribution is 0.222. The van der Waals surface area contributed by atoms with Crippen molar-refractivity contribution in [2.45, 2.75) is 52.9 Å². The van der Waals surface area contributed by atoms with E-state index in [0.717, 1.165) is 44.0 Å². The molecule has 9 heteroatoms. The lowest BCUT2D eigenvalue weighted by Crippen LogP contribution is -2.30. The van der Waals surface area contributed by atoms with Gasteiger partial charge in [0.25, 0.3) is 5.56 Å². The molecule has 0 spiro atoms. The van der Waals surface area contributed by atoms with E-state index in [-0.39, 0.29) is 5.56 Å². The molecule has 37 heavy (non-hydrogen) atoms. The van der Waals surface area contributed by atoms with E-state index in [9.17, 15) is 4.79 Å². The Hall–Kier alpha value is -3.82. The maximum Gasteiger partial charge on any atom is 0.278 e. The number of anilines is 2. The molecule has 0 aliphatic carbocycles. The molecule has 0 radical (unpaired) electrons. The van der Waals surface area contributed by atoms with Crippen molar-refractivity contribution in [3.05, 3.63) is 82.4 Å². The third-order valence-electron chi connectivity index (χ3n) is 6.84. The standard InChI is InChI=1S/C28H34N8O/c1-5-14-35-27(37)24-17-30-28(32-22-11-10-20-12-13-29-16-21(20)15-22)33-26(24)36(35)25-9-7-8-23(31-25)18-34(6-2)19(3)4/h5,7-11,15,17,19,29H,1,6,12-14,16,18H2,2-4H3,(H,30,32,33). The third kappa shape index (κ3) is 5.05. The van der Waals surface area contributed by atoms with Gasteiger partial charge in [-0.3, -0.25) is 9.69 Å². The summed E-state index contributed by atoms with van der Waals surface area (Å²) in [6.45, 7) is 14.2. The summed E-state index contributed by atoms with van der Waals surface area (Å²) >= 11 is 0. The molecule has 0 saturated carbocycles. The number of pyridine rings is 1. The highest BCUT2D eigenvalue weighted by Crippen LogP contribution is 2.22. The predicted molar refractivity (Wildman–Crippen MR) is 147 cm³/mol. The highest BCUT2D eigenvalue weighted by Gasteiger charge is 2.19. The van der Waals surface area contributed by atoms with E-state index in [1.807, 2.05) is 24.3 Å². The van der Waals surface area contributed by atoms with Crippen molar-refractivity contribution in [3.63, 3.8) is 0 Å². The predicted octanol–water partition coefficient (Wildman–Crippen LogP) is 3.78. The Morgan fingerprint density at radius 1 is 1.22 bits per heavy atom. The van der Waals surface area contributed by atoms with Gasteiger partial charge < -0.3 is 10.6 Å². The number of aromatic nitrogens is 5. The second-order valence-corrected chi connectivity index (χ2v) is 9.60. The summed E-state index contributed by atoms with van der Waals surface area (Å²) in [6.07, 6.45) is 4.32. The number of fused-ring (bicyclic) bond motifs is 2. The number of allylic oxidation sites excluding steroid dienone is 1. The van der Waals surface area contributed by atoms with Crippen molar-refractivity contribution in [2.75, 3.05) is 18.4 Å². The van der Waals surface area contributed by atoms with Gasteiger partial charge in [-0.1, -0.05) is 25.1 Å². The molecule has 9 nitrogen and oxygen atoms in total. The monoisotopic (exact) mass is 498 g/mol. The van der Waals surface area contributed by atoms with Gasteiger partial charge in [-0.15, -0.1) is 6.58 Å². The highest BCUT2D eigenvalue weighted by molar-refractivity contribution is 5.77. The fraction of sp³-hybridized carbons (Fsp3) is 0.357. The van der Waals surface area contributed by atoms with Crippen LogP contribution in [0.4, 0.5) is 11.6 Å². The van der Waals surface area contributed by atoms with E-state index in [1.165, 1.54) is 11.1 Å². The van der Waals surface area contributed by atoms with E-state index in [4.69, 9.17) is 9.97 Å². The first kappa shape index (κ1) is 24.9. The zero-order valence-corrected chi connectivity index (χ0v) is 21.7. The molecule has 192 valence electrons. The number of nitrogens with one attached hydrogen (secondary N) is 2. The van der Waals surface area contributed by atoms with Crippen molar-refractivity contribution in [2.24, 2.45) is 0 Å². The third-order valence-corrected chi connectivity index (χ3v) is 6.84. The van der Waals surface area contributed by atoms with Gasteiger partial charge in [-0.05, 0) is 68.8 Å². The average Bonchev–Trinajstić information content (AvgIpc) is 3.18. The first-order valence-corrected chi connectivity index (χ1v) is 12.9. The van der Waals surface area contributed by atoms with Gasteiger partial charge in [0.2, 0.25) is 5.95 Å². The Labute approximate surface area is 216 Å². The summed E-state index contributed by atoms with van der Waals surface area (Å²) in [5, 5.41) is 7.17. The van der Waals surface area contributed by atoms with E-state index < -0.39 is 0 Å². The molecule has 2 N–H and O–H groups in total. The van der Waals surface area contributed by atoms with Crippen LogP contribution in [0.5, 0.6) is 0 Å². The number of hydrogen-bond acceptors (Lipinski definition) is 7. The summed E-state index contributed by atoms with van der Waals surface area (Å²) in [5.41, 5.74) is 4.81. The van der Waals surface area contributed by atoms with Gasteiger partial charge in [0.1, 0.15) is 5.39 Å². The van der Waals surface area contributed by atoms with Crippen LogP contribution in [0.3, 0.4) is 0 Å². The van der Waals surface area contributed by atoms with Crippen molar-refractivity contribution < 1.29 is 0 Å². The number of nitrogens with zero attached hydrogens (tertiary/aromatic N) is 6. The van der Waals surface area contributed by atoms with Crippen molar-refractivity contribution in [3.8, 4) is 5.82 Å². The smallest absolute Gasteiger partial charge is 0.278 e. The Bertz CT molecular complexity index is 1490. The second-order valence-electron chi connectivity index (χ2n) is 9.60. The highest BCUT2D eigenvalue weighted by atomic mass is 16.1. The molecular formula is C28H34N8O. The maximum absolute atomic E-state index is 13.3. The number of benzene rings is 1.